The van der Waals surface area contributed by atoms with Crippen LogP contribution in [0.2, 0.25) is 0 Å². The van der Waals surface area contributed by atoms with Gasteiger partial charge in [0.05, 0.1) is 29.8 Å². The third-order valence-electron chi connectivity index (χ3n) is 8.35. The maximum atomic E-state index is 13.4. The maximum Gasteiger partial charge on any atom is 0.416 e. The molecular weight excluding hydrogens is 580 g/mol. The highest BCUT2D eigenvalue weighted by Gasteiger charge is 2.43. The van der Waals surface area contributed by atoms with E-state index < -0.39 is 29.2 Å². The molecule has 3 N–H and O–H groups in total. The van der Waals surface area contributed by atoms with Crippen molar-refractivity contribution in [3.05, 3.63) is 65.4 Å². The van der Waals surface area contributed by atoms with Crippen LogP contribution in [0, 0.1) is 11.8 Å². The summed E-state index contributed by atoms with van der Waals surface area (Å²) in [5.41, 5.74) is 4.49. The minimum absolute atomic E-state index is 0.0593. The molecule has 1 unspecified atom stereocenters. The number of thiocarbonyl (C=S) groups is 1. The van der Waals surface area contributed by atoms with Crippen LogP contribution < -0.4 is 20.9 Å². The molecule has 0 aliphatic carbocycles. The van der Waals surface area contributed by atoms with Gasteiger partial charge < -0.3 is 10.1 Å². The molecular formula is C29H31F6N5OS. The van der Waals surface area contributed by atoms with Crippen LogP contribution in [0.25, 0.3) is 10.9 Å². The first-order valence-electron chi connectivity index (χ1n) is 13.7. The van der Waals surface area contributed by atoms with Crippen LogP contribution in [0.1, 0.15) is 48.9 Å². The van der Waals surface area contributed by atoms with E-state index in [1.807, 2.05) is 24.3 Å². The van der Waals surface area contributed by atoms with E-state index in [-0.39, 0.29) is 23.3 Å². The smallest absolute Gasteiger partial charge is 0.416 e. The molecule has 0 saturated carbocycles. The number of ether oxygens (including phenoxy) is 1. The predicted octanol–water partition coefficient (Wildman–Crippen LogP) is 6.93. The summed E-state index contributed by atoms with van der Waals surface area (Å²) in [5.74, 6) is 1.81. The van der Waals surface area contributed by atoms with Gasteiger partial charge in [0.15, 0.2) is 5.11 Å². The van der Waals surface area contributed by atoms with Gasteiger partial charge in [0, 0.05) is 29.9 Å². The molecule has 0 radical (unpaired) electrons. The summed E-state index contributed by atoms with van der Waals surface area (Å²) in [5, 5.41) is 3.18. The molecule has 2 aromatic carbocycles. The van der Waals surface area contributed by atoms with E-state index in [0.29, 0.717) is 29.7 Å². The molecule has 0 spiro atoms. The number of anilines is 1. The fourth-order valence-corrected chi connectivity index (χ4v) is 6.42. The largest absolute Gasteiger partial charge is 0.497 e. The predicted molar refractivity (Wildman–Crippen MR) is 152 cm³/mol. The fraction of sp³-hybridized carbons (Fsp3) is 0.448. The number of aromatic nitrogens is 1. The van der Waals surface area contributed by atoms with Crippen LogP contribution in [0.15, 0.2) is 48.7 Å². The number of methoxy groups -OCH3 is 1. The van der Waals surface area contributed by atoms with Crippen molar-refractivity contribution in [1.82, 2.24) is 20.7 Å². The zero-order chi connectivity index (χ0) is 30.2. The van der Waals surface area contributed by atoms with Crippen molar-refractivity contribution in [3.8, 4) is 5.75 Å². The molecule has 3 aliphatic rings. The topological polar surface area (TPSA) is 61.5 Å². The number of benzene rings is 2. The number of hydrogen-bond donors (Lipinski definition) is 3. The van der Waals surface area contributed by atoms with Crippen LogP contribution >= 0.6 is 12.2 Å². The molecule has 6 nitrogen and oxygen atoms in total. The lowest BCUT2D eigenvalue weighted by Crippen LogP contribution is -2.59. The number of fused-ring (bicyclic) bond motifs is 4. The summed E-state index contributed by atoms with van der Waals surface area (Å²) in [6.45, 7) is 4.08. The van der Waals surface area contributed by atoms with E-state index in [2.05, 4.69) is 33.0 Å². The quantitative estimate of drug-likeness (QED) is 0.152. The first-order valence-corrected chi connectivity index (χ1v) is 14.1. The molecule has 0 amide bonds. The van der Waals surface area contributed by atoms with Gasteiger partial charge in [-0.1, -0.05) is 13.3 Å². The van der Waals surface area contributed by atoms with Gasteiger partial charge in [-0.3, -0.25) is 15.3 Å². The second-order valence-corrected chi connectivity index (χ2v) is 11.2. The SMILES string of the molecule is CC[C@H]1CN2CC[C@H]1C[C@H]2[C@@H](NNC(=S)Nc1cc(C(F)(F)F)cc(C(F)(F)F)c1)c1ccnc2ccc(OC)cc12. The highest BCUT2D eigenvalue weighted by atomic mass is 32.1. The molecule has 1 aromatic heterocycles. The Kier molecular flexibility index (Phi) is 8.55. The zero-order valence-electron chi connectivity index (χ0n) is 22.9. The number of nitrogens with one attached hydrogen (secondary N) is 3. The molecule has 3 fully saturated rings. The lowest BCUT2D eigenvalue weighted by Gasteiger charge is -2.52. The van der Waals surface area contributed by atoms with Gasteiger partial charge in [0.2, 0.25) is 0 Å². The lowest BCUT2D eigenvalue weighted by atomic mass is 9.72. The summed E-state index contributed by atoms with van der Waals surface area (Å²) in [6.07, 6.45) is -5.10. The van der Waals surface area contributed by atoms with E-state index in [1.54, 1.807) is 13.3 Å². The van der Waals surface area contributed by atoms with Crippen molar-refractivity contribution in [2.24, 2.45) is 11.8 Å². The van der Waals surface area contributed by atoms with Crippen molar-refractivity contribution in [3.63, 3.8) is 0 Å². The Balaban J connectivity index is 1.43. The molecule has 3 aliphatic heterocycles. The average Bonchev–Trinajstić information content (AvgIpc) is 2.96. The Morgan fingerprint density at radius 3 is 2.38 bits per heavy atom. The molecule has 13 heteroatoms. The monoisotopic (exact) mass is 611 g/mol. The number of alkyl halides is 6. The van der Waals surface area contributed by atoms with Gasteiger partial charge in [-0.05, 0) is 91.5 Å². The van der Waals surface area contributed by atoms with E-state index in [1.165, 1.54) is 0 Å². The number of pyridine rings is 1. The van der Waals surface area contributed by atoms with Crippen molar-refractivity contribution in [1.29, 1.82) is 0 Å². The van der Waals surface area contributed by atoms with Gasteiger partial charge in [-0.15, -0.1) is 0 Å². The van der Waals surface area contributed by atoms with Crippen molar-refractivity contribution >= 4 is 33.9 Å². The van der Waals surface area contributed by atoms with E-state index in [4.69, 9.17) is 17.0 Å². The maximum absolute atomic E-state index is 13.4. The Morgan fingerprint density at radius 2 is 1.79 bits per heavy atom. The van der Waals surface area contributed by atoms with Crippen LogP contribution in [0.3, 0.4) is 0 Å². The summed E-state index contributed by atoms with van der Waals surface area (Å²) in [4.78, 5) is 6.93. The Hall–Kier alpha value is -3.16. The van der Waals surface area contributed by atoms with Gasteiger partial charge in [-0.2, -0.15) is 26.3 Å². The van der Waals surface area contributed by atoms with Gasteiger partial charge >= 0.3 is 12.4 Å². The third-order valence-corrected chi connectivity index (χ3v) is 8.55. The average molecular weight is 612 g/mol. The van der Waals surface area contributed by atoms with Gasteiger partial charge in [-0.25, -0.2) is 5.43 Å². The van der Waals surface area contributed by atoms with Crippen molar-refractivity contribution in [2.75, 3.05) is 25.5 Å². The second-order valence-electron chi connectivity index (χ2n) is 10.8. The first kappa shape index (κ1) is 30.3. The van der Waals surface area contributed by atoms with Crippen LogP contribution in [0.5, 0.6) is 5.75 Å². The molecule has 3 aromatic rings. The minimum atomic E-state index is -4.97. The van der Waals surface area contributed by atoms with Crippen molar-refractivity contribution in [2.45, 2.75) is 50.6 Å². The fourth-order valence-electron chi connectivity index (χ4n) is 6.25. The number of rotatable bonds is 7. The summed E-state index contributed by atoms with van der Waals surface area (Å²) in [7, 11) is 1.58. The van der Waals surface area contributed by atoms with Gasteiger partial charge in [0.1, 0.15) is 5.75 Å². The van der Waals surface area contributed by atoms with Crippen LogP contribution in [-0.4, -0.2) is 41.2 Å². The van der Waals surface area contributed by atoms with E-state index >= 15 is 0 Å². The summed E-state index contributed by atoms with van der Waals surface area (Å²) < 4.78 is 85.6. The zero-order valence-corrected chi connectivity index (χ0v) is 23.8. The van der Waals surface area contributed by atoms with E-state index in [9.17, 15) is 26.3 Å². The molecule has 4 heterocycles. The number of halogens is 6. The summed E-state index contributed by atoms with van der Waals surface area (Å²) in [6, 6.07) is 8.48. The Labute approximate surface area is 244 Å². The second kappa shape index (κ2) is 11.8. The normalized spacial score (nSPS) is 23.0. The Bertz CT molecular complexity index is 1420. The highest BCUT2D eigenvalue weighted by molar-refractivity contribution is 7.80. The molecule has 5 atom stereocenters. The van der Waals surface area contributed by atoms with Crippen LogP contribution in [0.4, 0.5) is 32.0 Å². The third kappa shape index (κ3) is 6.42. The van der Waals surface area contributed by atoms with E-state index in [0.717, 1.165) is 48.8 Å². The number of piperidine rings is 3. The molecule has 226 valence electrons. The Morgan fingerprint density at radius 1 is 1.07 bits per heavy atom. The minimum Gasteiger partial charge on any atom is -0.497 e. The number of hydrazine groups is 1. The standard InChI is InChI=1S/C29H31F6N5OS/c1-3-16-15-40-9-7-17(16)10-25(40)26(22-6-8-36-24-5-4-21(41-2)14-23(22)24)38-39-27(42)37-20-12-18(28(30,31)32)11-19(13-20)29(33,34)35/h4-6,8,11-14,16-17,25-26,38H,3,7,9-10,15H2,1-2H3,(H2,37,39,42)/t16-,17-,25-,26-/m0/s1. The van der Waals surface area contributed by atoms with Gasteiger partial charge in [0.25, 0.3) is 0 Å². The molecule has 42 heavy (non-hydrogen) atoms. The summed E-state index contributed by atoms with van der Waals surface area (Å²) >= 11 is 5.33. The highest BCUT2D eigenvalue weighted by Crippen LogP contribution is 2.43. The molecule has 3 saturated heterocycles. The molecule has 6 rings (SSSR count). The number of hydrogen-bond acceptors (Lipinski definition) is 5. The van der Waals surface area contributed by atoms with Crippen molar-refractivity contribution < 1.29 is 31.1 Å². The molecule has 2 bridgehead atoms. The first-order chi connectivity index (χ1) is 19.9. The van der Waals surface area contributed by atoms with Crippen LogP contribution in [-0.2, 0) is 12.4 Å². The number of nitrogens with zero attached hydrogens (tertiary/aromatic N) is 2. The lowest BCUT2D eigenvalue weighted by molar-refractivity contribution is -0.143.